The highest BCUT2D eigenvalue weighted by Gasteiger charge is 2.16. The van der Waals surface area contributed by atoms with Gasteiger partial charge in [0.05, 0.1) is 0 Å². The van der Waals surface area contributed by atoms with Gasteiger partial charge in [0, 0.05) is 0 Å². The van der Waals surface area contributed by atoms with Gasteiger partial charge in [0.1, 0.15) is 4.84 Å². The molecule has 0 saturated heterocycles. The van der Waals surface area contributed by atoms with E-state index in [0.29, 0.717) is 0 Å². The summed E-state index contributed by atoms with van der Waals surface area (Å²) in [5, 5.41) is 0. The fraction of sp³-hybridized carbons (Fsp3) is 0.829. The molecule has 0 N–H and O–H groups in total. The Morgan fingerprint density at radius 1 is 0.486 bits per heavy atom. The molecule has 0 aliphatic heterocycles. The number of unbranched alkanes of at least 4 members (excludes halogenated alkanes) is 20. The van der Waals surface area contributed by atoms with Crippen molar-refractivity contribution in [3.8, 4) is 0 Å². The van der Waals surface area contributed by atoms with E-state index in [1.807, 2.05) is 0 Å². The number of alkyl halides is 2. The van der Waals surface area contributed by atoms with Crippen molar-refractivity contribution in [3.05, 3.63) is 33.9 Å². The van der Waals surface area contributed by atoms with Gasteiger partial charge in [0.25, 0.3) is 0 Å². The lowest BCUT2D eigenvalue weighted by atomic mass is 9.88. The summed E-state index contributed by atoms with van der Waals surface area (Å²) in [6, 6.07) is 2.34. The zero-order chi connectivity index (χ0) is 27.1. The second-order valence-electron chi connectivity index (χ2n) is 11.7. The average Bonchev–Trinajstić information content (AvgIpc) is 2.88. The average molecular weight is 554 g/mol. The molecule has 0 heterocycles. The minimum atomic E-state index is -0.425. The molecule has 0 amide bonds. The maximum Gasteiger partial charge on any atom is 0.133 e. The molecule has 0 fully saturated rings. The van der Waals surface area contributed by atoms with Crippen LogP contribution in [-0.4, -0.2) is 0 Å². The zero-order valence-corrected chi connectivity index (χ0v) is 26.9. The summed E-state index contributed by atoms with van der Waals surface area (Å²) in [7, 11) is 0. The fourth-order valence-corrected chi connectivity index (χ4v) is 6.26. The Bertz CT molecular complexity index is 664. The highest BCUT2D eigenvalue weighted by atomic mass is 35.5. The van der Waals surface area contributed by atoms with E-state index in [9.17, 15) is 0 Å². The number of benzene rings is 1. The molecular formula is C35H62Cl2. The van der Waals surface area contributed by atoms with Crippen LogP contribution in [0.15, 0.2) is 6.07 Å². The minimum absolute atomic E-state index is 0.425. The molecule has 0 nitrogen and oxygen atoms in total. The molecule has 0 atom stereocenters. The van der Waals surface area contributed by atoms with Gasteiger partial charge in [0.15, 0.2) is 0 Å². The molecule has 1 rings (SSSR count). The first kappa shape index (κ1) is 34.8. The van der Waals surface area contributed by atoms with E-state index in [1.165, 1.54) is 171 Å². The van der Waals surface area contributed by atoms with Gasteiger partial charge in [-0.2, -0.15) is 0 Å². The van der Waals surface area contributed by atoms with Gasteiger partial charge in [-0.1, -0.05) is 148 Å². The molecule has 0 unspecified atom stereocenters. The number of halogens is 2. The summed E-state index contributed by atoms with van der Waals surface area (Å²) in [6.45, 7) is 9.10. The predicted octanol–water partition coefficient (Wildman–Crippen LogP) is 13.5. The van der Waals surface area contributed by atoms with Gasteiger partial charge in [-0.05, 0) is 67.3 Å². The van der Waals surface area contributed by atoms with Crippen LogP contribution in [0, 0.1) is 13.8 Å². The van der Waals surface area contributed by atoms with Gasteiger partial charge in [-0.15, -0.1) is 23.2 Å². The van der Waals surface area contributed by atoms with Crippen LogP contribution in [0.3, 0.4) is 0 Å². The van der Waals surface area contributed by atoms with Crippen LogP contribution in [0.1, 0.15) is 188 Å². The van der Waals surface area contributed by atoms with Crippen LogP contribution in [0.25, 0.3) is 0 Å². The molecule has 0 aliphatic carbocycles. The van der Waals surface area contributed by atoms with E-state index < -0.39 is 4.84 Å². The first-order chi connectivity index (χ1) is 18.0. The Hall–Kier alpha value is -0.200. The molecule has 1 aromatic rings. The second-order valence-corrected chi connectivity index (χ2v) is 12.8. The summed E-state index contributed by atoms with van der Waals surface area (Å²) >= 11 is 12.7. The number of aryl methyl sites for hydroxylation is 1. The summed E-state index contributed by atoms with van der Waals surface area (Å²) in [4.78, 5) is -0.425. The van der Waals surface area contributed by atoms with Crippen LogP contribution >= 0.6 is 23.2 Å². The third-order valence-corrected chi connectivity index (χ3v) is 8.95. The Morgan fingerprint density at radius 3 is 1.22 bits per heavy atom. The van der Waals surface area contributed by atoms with E-state index in [-0.39, 0.29) is 0 Å². The Labute approximate surface area is 243 Å². The molecule has 0 radical (unpaired) electrons. The van der Waals surface area contributed by atoms with Crippen molar-refractivity contribution in [2.24, 2.45) is 0 Å². The smallest absolute Gasteiger partial charge is 0.100 e. The predicted molar refractivity (Wildman–Crippen MR) is 171 cm³/mol. The molecule has 216 valence electrons. The van der Waals surface area contributed by atoms with E-state index >= 15 is 0 Å². The van der Waals surface area contributed by atoms with Crippen molar-refractivity contribution in [2.75, 3.05) is 0 Å². The lowest BCUT2D eigenvalue weighted by Crippen LogP contribution is -2.04. The van der Waals surface area contributed by atoms with Crippen LogP contribution in [-0.2, 0) is 12.8 Å². The highest BCUT2D eigenvalue weighted by molar-refractivity contribution is 6.44. The number of hydrogen-bond acceptors (Lipinski definition) is 0. The zero-order valence-electron chi connectivity index (χ0n) is 25.4. The first-order valence-corrected chi connectivity index (χ1v) is 17.3. The molecule has 0 bridgehead atoms. The van der Waals surface area contributed by atoms with Crippen molar-refractivity contribution in [3.63, 3.8) is 0 Å². The molecule has 1 aromatic carbocycles. The standard InChI is InChI=1S/C35H62Cl2/c1-5-7-9-11-13-15-17-18-20-22-24-26-28-33-30(3)31(4)34(35(36)37)29-32(33)27-25-23-21-19-16-14-12-10-8-6-2/h29,35H,5-28H2,1-4H3. The van der Waals surface area contributed by atoms with Gasteiger partial charge in [0.2, 0.25) is 0 Å². The van der Waals surface area contributed by atoms with Crippen molar-refractivity contribution >= 4 is 23.2 Å². The minimum Gasteiger partial charge on any atom is -0.100 e. The lowest BCUT2D eigenvalue weighted by Gasteiger charge is -2.20. The van der Waals surface area contributed by atoms with Gasteiger partial charge in [-0.25, -0.2) is 0 Å². The van der Waals surface area contributed by atoms with Crippen molar-refractivity contribution in [1.82, 2.24) is 0 Å². The number of rotatable bonds is 25. The molecule has 0 aliphatic rings. The summed E-state index contributed by atoms with van der Waals surface area (Å²) in [5.74, 6) is 0. The third-order valence-electron chi connectivity index (χ3n) is 8.48. The van der Waals surface area contributed by atoms with Crippen molar-refractivity contribution in [2.45, 2.75) is 187 Å². The van der Waals surface area contributed by atoms with Crippen LogP contribution in [0.2, 0.25) is 0 Å². The normalized spacial score (nSPS) is 11.6. The lowest BCUT2D eigenvalue weighted by molar-refractivity contribution is 0.543. The molecule has 2 heteroatoms. The summed E-state index contributed by atoms with van der Waals surface area (Å²) in [6.07, 6.45) is 33.2. The van der Waals surface area contributed by atoms with Crippen LogP contribution < -0.4 is 0 Å². The fourth-order valence-electron chi connectivity index (χ4n) is 5.81. The van der Waals surface area contributed by atoms with E-state index in [0.717, 1.165) is 5.56 Å². The molecule has 0 spiro atoms. The van der Waals surface area contributed by atoms with Crippen molar-refractivity contribution < 1.29 is 0 Å². The molecular weight excluding hydrogens is 491 g/mol. The SMILES string of the molecule is CCCCCCCCCCCCCCc1c(CCCCCCCCCCCC)cc(C(Cl)Cl)c(C)c1C. The quantitative estimate of drug-likeness (QED) is 0.0834. The Balaban J connectivity index is 2.38. The summed E-state index contributed by atoms with van der Waals surface area (Å²) in [5.41, 5.74) is 6.98. The maximum absolute atomic E-state index is 6.36. The van der Waals surface area contributed by atoms with E-state index in [4.69, 9.17) is 23.2 Å². The van der Waals surface area contributed by atoms with Gasteiger partial charge >= 0.3 is 0 Å². The molecule has 37 heavy (non-hydrogen) atoms. The monoisotopic (exact) mass is 552 g/mol. The highest BCUT2D eigenvalue weighted by Crippen LogP contribution is 2.34. The first-order valence-electron chi connectivity index (χ1n) is 16.4. The third kappa shape index (κ3) is 16.5. The Kier molecular flexibility index (Phi) is 22.3. The van der Waals surface area contributed by atoms with E-state index in [2.05, 4.69) is 33.8 Å². The largest absolute Gasteiger partial charge is 0.133 e. The second kappa shape index (κ2) is 23.7. The van der Waals surface area contributed by atoms with Crippen LogP contribution in [0.5, 0.6) is 0 Å². The summed E-state index contributed by atoms with van der Waals surface area (Å²) < 4.78 is 0. The molecule has 0 aromatic heterocycles. The Morgan fingerprint density at radius 2 is 0.838 bits per heavy atom. The number of hydrogen-bond donors (Lipinski definition) is 0. The molecule has 0 saturated carbocycles. The van der Waals surface area contributed by atoms with Gasteiger partial charge in [-0.3, -0.25) is 0 Å². The van der Waals surface area contributed by atoms with Crippen LogP contribution in [0.4, 0.5) is 0 Å². The van der Waals surface area contributed by atoms with Crippen molar-refractivity contribution in [1.29, 1.82) is 0 Å². The van der Waals surface area contributed by atoms with Gasteiger partial charge < -0.3 is 0 Å². The maximum atomic E-state index is 6.36. The topological polar surface area (TPSA) is 0 Å². The van der Waals surface area contributed by atoms with E-state index in [1.54, 1.807) is 5.56 Å².